The summed E-state index contributed by atoms with van der Waals surface area (Å²) in [5.74, 6) is -0.419. The summed E-state index contributed by atoms with van der Waals surface area (Å²) >= 11 is 0. The van der Waals surface area contributed by atoms with Crippen LogP contribution in [0.3, 0.4) is 0 Å². The molecule has 0 radical (unpaired) electrons. The Labute approximate surface area is 105 Å². The third-order valence-corrected chi connectivity index (χ3v) is 2.82. The summed E-state index contributed by atoms with van der Waals surface area (Å²) in [6.45, 7) is 2.61. The van der Waals surface area contributed by atoms with Crippen molar-refractivity contribution in [2.75, 3.05) is 13.2 Å². The molecule has 0 saturated carbocycles. The average Bonchev–Trinajstić information content (AvgIpc) is 2.82. The van der Waals surface area contributed by atoms with Gasteiger partial charge < -0.3 is 9.47 Å². The molecular weight excluding hydrogens is 234 g/mol. The summed E-state index contributed by atoms with van der Waals surface area (Å²) < 4.78 is 9.94. The molecule has 1 saturated heterocycles. The van der Waals surface area contributed by atoms with Crippen LogP contribution in [-0.4, -0.2) is 36.2 Å². The number of cyclic esters (lactones) is 1. The van der Waals surface area contributed by atoms with Crippen molar-refractivity contribution in [1.82, 2.24) is 4.90 Å². The molecule has 1 heterocycles. The van der Waals surface area contributed by atoms with E-state index in [4.69, 9.17) is 9.47 Å². The van der Waals surface area contributed by atoms with Crippen LogP contribution in [0.15, 0.2) is 30.3 Å². The Morgan fingerprint density at radius 1 is 1.44 bits per heavy atom. The highest BCUT2D eigenvalue weighted by Crippen LogP contribution is 2.11. The number of ether oxygens (including phenoxy) is 2. The van der Waals surface area contributed by atoms with E-state index in [1.54, 1.807) is 6.92 Å². The lowest BCUT2D eigenvalue weighted by Gasteiger charge is -2.19. The van der Waals surface area contributed by atoms with Crippen LogP contribution in [0.25, 0.3) is 0 Å². The van der Waals surface area contributed by atoms with Gasteiger partial charge in [0.15, 0.2) is 0 Å². The van der Waals surface area contributed by atoms with Crippen LogP contribution in [0, 0.1) is 0 Å². The molecular formula is C13H15NO4. The summed E-state index contributed by atoms with van der Waals surface area (Å²) in [7, 11) is 0. The minimum Gasteiger partial charge on any atom is -0.459 e. The zero-order valence-electron chi connectivity index (χ0n) is 10.2. The molecule has 0 aliphatic carbocycles. The number of rotatable bonds is 4. The van der Waals surface area contributed by atoms with E-state index in [1.807, 2.05) is 30.3 Å². The van der Waals surface area contributed by atoms with Gasteiger partial charge in [0.25, 0.3) is 0 Å². The molecule has 5 heteroatoms. The van der Waals surface area contributed by atoms with Gasteiger partial charge in [-0.2, -0.15) is 0 Å². The third kappa shape index (κ3) is 2.80. The number of nitrogens with zero attached hydrogens (tertiary/aromatic N) is 1. The highest BCUT2D eigenvalue weighted by Gasteiger charge is 2.32. The van der Waals surface area contributed by atoms with Crippen molar-refractivity contribution in [2.24, 2.45) is 0 Å². The fraction of sp³-hybridized carbons (Fsp3) is 0.385. The van der Waals surface area contributed by atoms with E-state index in [2.05, 4.69) is 0 Å². The maximum absolute atomic E-state index is 11.8. The standard InChI is InChI=1S/C13H15NO4/c1-10(14-7-8-17-13(14)16)12(15)18-9-11-5-3-2-4-6-11/h2-6,10H,7-9H2,1H3. The van der Waals surface area contributed by atoms with E-state index in [9.17, 15) is 9.59 Å². The SMILES string of the molecule is CC(C(=O)OCc1ccccc1)N1CCOC1=O. The summed E-state index contributed by atoms with van der Waals surface area (Å²) in [5.41, 5.74) is 0.919. The second kappa shape index (κ2) is 5.53. The molecule has 1 aromatic carbocycles. The van der Waals surface area contributed by atoms with Gasteiger partial charge >= 0.3 is 12.1 Å². The molecule has 1 aromatic rings. The molecule has 5 nitrogen and oxygen atoms in total. The van der Waals surface area contributed by atoms with Gasteiger partial charge in [-0.25, -0.2) is 9.59 Å². The lowest BCUT2D eigenvalue weighted by Crippen LogP contribution is -2.40. The smallest absolute Gasteiger partial charge is 0.410 e. The number of carbonyl (C=O) groups excluding carboxylic acids is 2. The van der Waals surface area contributed by atoms with Crippen molar-refractivity contribution in [3.63, 3.8) is 0 Å². The molecule has 0 N–H and O–H groups in total. The van der Waals surface area contributed by atoms with Crippen LogP contribution >= 0.6 is 0 Å². The van der Waals surface area contributed by atoms with Crippen LogP contribution < -0.4 is 0 Å². The third-order valence-electron chi connectivity index (χ3n) is 2.82. The predicted octanol–water partition coefficient (Wildman–Crippen LogP) is 1.57. The Morgan fingerprint density at radius 3 is 2.78 bits per heavy atom. The van der Waals surface area contributed by atoms with Crippen LogP contribution in [0.4, 0.5) is 4.79 Å². The molecule has 18 heavy (non-hydrogen) atoms. The van der Waals surface area contributed by atoms with Gasteiger partial charge in [-0.05, 0) is 12.5 Å². The van der Waals surface area contributed by atoms with Gasteiger partial charge in [0, 0.05) is 0 Å². The zero-order valence-corrected chi connectivity index (χ0v) is 10.2. The van der Waals surface area contributed by atoms with E-state index in [0.29, 0.717) is 13.2 Å². The Morgan fingerprint density at radius 2 is 2.17 bits per heavy atom. The van der Waals surface area contributed by atoms with Gasteiger partial charge in [-0.3, -0.25) is 4.90 Å². The minimum absolute atomic E-state index is 0.215. The molecule has 0 bridgehead atoms. The van der Waals surface area contributed by atoms with Crippen LogP contribution in [-0.2, 0) is 20.9 Å². The van der Waals surface area contributed by atoms with Gasteiger partial charge in [0.1, 0.15) is 19.3 Å². The Kier molecular flexibility index (Phi) is 3.82. The van der Waals surface area contributed by atoms with E-state index in [0.717, 1.165) is 5.56 Å². The molecule has 0 spiro atoms. The van der Waals surface area contributed by atoms with E-state index in [-0.39, 0.29) is 6.61 Å². The summed E-state index contributed by atoms with van der Waals surface area (Å²) in [4.78, 5) is 24.4. The summed E-state index contributed by atoms with van der Waals surface area (Å²) in [6, 6.07) is 8.80. The number of hydrogen-bond donors (Lipinski definition) is 0. The number of benzene rings is 1. The fourth-order valence-corrected chi connectivity index (χ4v) is 1.73. The van der Waals surface area contributed by atoms with E-state index in [1.165, 1.54) is 4.90 Å². The first-order valence-electron chi connectivity index (χ1n) is 5.82. The van der Waals surface area contributed by atoms with Crippen molar-refractivity contribution in [1.29, 1.82) is 0 Å². The minimum atomic E-state index is -0.608. The van der Waals surface area contributed by atoms with Gasteiger partial charge in [-0.15, -0.1) is 0 Å². The van der Waals surface area contributed by atoms with Crippen LogP contribution in [0.1, 0.15) is 12.5 Å². The predicted molar refractivity (Wildman–Crippen MR) is 63.8 cm³/mol. The van der Waals surface area contributed by atoms with Gasteiger partial charge in [-0.1, -0.05) is 30.3 Å². The maximum atomic E-state index is 11.8. The van der Waals surface area contributed by atoms with Crippen molar-refractivity contribution in [2.45, 2.75) is 19.6 Å². The molecule has 1 aliphatic heterocycles. The fourth-order valence-electron chi connectivity index (χ4n) is 1.73. The number of amides is 1. The summed E-state index contributed by atoms with van der Waals surface area (Å²) in [6.07, 6.45) is -0.459. The van der Waals surface area contributed by atoms with Crippen molar-refractivity contribution in [3.8, 4) is 0 Å². The van der Waals surface area contributed by atoms with Gasteiger partial charge in [0.05, 0.1) is 6.54 Å². The number of carbonyl (C=O) groups is 2. The van der Waals surface area contributed by atoms with Crippen LogP contribution in [0.2, 0.25) is 0 Å². The Bertz CT molecular complexity index is 432. The molecule has 0 aromatic heterocycles. The molecule has 2 rings (SSSR count). The Hall–Kier alpha value is -2.04. The van der Waals surface area contributed by atoms with Gasteiger partial charge in [0.2, 0.25) is 0 Å². The first-order valence-corrected chi connectivity index (χ1v) is 5.82. The van der Waals surface area contributed by atoms with Crippen molar-refractivity contribution < 1.29 is 19.1 Å². The molecule has 96 valence electrons. The Balaban J connectivity index is 1.86. The maximum Gasteiger partial charge on any atom is 0.410 e. The molecule has 1 aliphatic rings. The molecule has 1 atom stereocenters. The lowest BCUT2D eigenvalue weighted by atomic mass is 10.2. The van der Waals surface area contributed by atoms with Crippen molar-refractivity contribution >= 4 is 12.1 Å². The topological polar surface area (TPSA) is 55.8 Å². The number of hydrogen-bond acceptors (Lipinski definition) is 4. The second-order valence-electron chi connectivity index (χ2n) is 4.08. The first kappa shape index (κ1) is 12.4. The average molecular weight is 249 g/mol. The van der Waals surface area contributed by atoms with Crippen molar-refractivity contribution in [3.05, 3.63) is 35.9 Å². The first-order chi connectivity index (χ1) is 8.68. The molecule has 1 fully saturated rings. The quantitative estimate of drug-likeness (QED) is 0.760. The normalized spacial score (nSPS) is 16.3. The lowest BCUT2D eigenvalue weighted by molar-refractivity contribution is -0.149. The second-order valence-corrected chi connectivity index (χ2v) is 4.08. The number of esters is 1. The summed E-state index contributed by atoms with van der Waals surface area (Å²) in [5, 5.41) is 0. The largest absolute Gasteiger partial charge is 0.459 e. The molecule has 1 unspecified atom stereocenters. The highest BCUT2D eigenvalue weighted by atomic mass is 16.6. The zero-order chi connectivity index (χ0) is 13.0. The monoisotopic (exact) mass is 249 g/mol. The van der Waals surface area contributed by atoms with E-state index < -0.39 is 18.1 Å². The van der Waals surface area contributed by atoms with Crippen LogP contribution in [0.5, 0.6) is 0 Å². The highest BCUT2D eigenvalue weighted by molar-refractivity contribution is 5.81. The van der Waals surface area contributed by atoms with E-state index >= 15 is 0 Å². The molecule has 1 amide bonds.